The molecular weight excluding hydrogens is 343 g/mol. The molecule has 0 bridgehead atoms. The molecule has 2 aliphatic rings. The highest BCUT2D eigenvalue weighted by atomic mass is 35.5. The second-order valence-electron chi connectivity index (χ2n) is 7.15. The summed E-state index contributed by atoms with van der Waals surface area (Å²) in [5.41, 5.74) is 1.15. The Bertz CT molecular complexity index is 542. The first kappa shape index (κ1) is 19.6. The Morgan fingerprint density at radius 1 is 1.21 bits per heavy atom. The molecule has 1 heterocycles. The normalized spacial score (nSPS) is 21.2. The lowest BCUT2D eigenvalue weighted by Gasteiger charge is -2.35. The topological polar surface area (TPSA) is 41.1 Å². The standard InChI is InChI=1S/C19H27ClN2O.ClH/c1-13(16-11-21-12-16)19(23)22-18(14-6-3-2-4-7-14)15-8-5-9-17(20)10-15;/h5,8-10,13-14,16,18,21H,2-4,6-7,11-12H2,1H3,(H,22,23);1H. The van der Waals surface area contributed by atoms with Crippen LogP contribution in [0.5, 0.6) is 0 Å². The van der Waals surface area contributed by atoms with Gasteiger partial charge in [-0.15, -0.1) is 12.4 Å². The van der Waals surface area contributed by atoms with E-state index in [2.05, 4.69) is 23.6 Å². The number of carbonyl (C=O) groups excluding carboxylic acids is 1. The number of rotatable bonds is 5. The highest BCUT2D eigenvalue weighted by Gasteiger charge is 2.32. The van der Waals surface area contributed by atoms with Gasteiger partial charge in [0.2, 0.25) is 5.91 Å². The van der Waals surface area contributed by atoms with Crippen LogP contribution in [0.4, 0.5) is 0 Å². The zero-order valence-electron chi connectivity index (χ0n) is 14.3. The van der Waals surface area contributed by atoms with E-state index in [1.54, 1.807) is 0 Å². The number of hydrogen-bond acceptors (Lipinski definition) is 2. The van der Waals surface area contributed by atoms with Gasteiger partial charge in [0.25, 0.3) is 0 Å². The van der Waals surface area contributed by atoms with Crippen LogP contribution in [-0.4, -0.2) is 19.0 Å². The van der Waals surface area contributed by atoms with Gasteiger partial charge < -0.3 is 10.6 Å². The molecule has 1 aliphatic carbocycles. The Labute approximate surface area is 156 Å². The highest BCUT2D eigenvalue weighted by molar-refractivity contribution is 6.30. The van der Waals surface area contributed by atoms with E-state index in [4.69, 9.17) is 11.6 Å². The molecule has 134 valence electrons. The minimum atomic E-state index is 0. The van der Waals surface area contributed by atoms with Gasteiger partial charge in [-0.05, 0) is 55.5 Å². The van der Waals surface area contributed by atoms with E-state index in [1.165, 1.54) is 32.1 Å². The number of amides is 1. The monoisotopic (exact) mass is 370 g/mol. The number of hydrogen-bond donors (Lipinski definition) is 2. The van der Waals surface area contributed by atoms with Crippen LogP contribution in [0.15, 0.2) is 24.3 Å². The molecule has 3 rings (SSSR count). The van der Waals surface area contributed by atoms with Crippen molar-refractivity contribution in [3.63, 3.8) is 0 Å². The van der Waals surface area contributed by atoms with Gasteiger partial charge >= 0.3 is 0 Å². The molecule has 1 aromatic rings. The maximum atomic E-state index is 12.7. The van der Waals surface area contributed by atoms with E-state index >= 15 is 0 Å². The van der Waals surface area contributed by atoms with Gasteiger partial charge in [-0.1, -0.05) is 49.9 Å². The molecule has 1 saturated heterocycles. The van der Waals surface area contributed by atoms with E-state index < -0.39 is 0 Å². The Morgan fingerprint density at radius 2 is 1.92 bits per heavy atom. The van der Waals surface area contributed by atoms with Crippen LogP contribution in [0.2, 0.25) is 5.02 Å². The minimum Gasteiger partial charge on any atom is -0.349 e. The summed E-state index contributed by atoms with van der Waals surface area (Å²) in [4.78, 5) is 12.7. The summed E-state index contributed by atoms with van der Waals surface area (Å²) in [6.07, 6.45) is 6.23. The van der Waals surface area contributed by atoms with Crippen LogP contribution in [0.25, 0.3) is 0 Å². The molecule has 1 amide bonds. The van der Waals surface area contributed by atoms with Crippen molar-refractivity contribution in [3.8, 4) is 0 Å². The highest BCUT2D eigenvalue weighted by Crippen LogP contribution is 2.35. The van der Waals surface area contributed by atoms with Crippen molar-refractivity contribution in [2.24, 2.45) is 17.8 Å². The lowest BCUT2D eigenvalue weighted by atomic mass is 9.80. The molecule has 2 unspecified atom stereocenters. The number of carbonyl (C=O) groups is 1. The van der Waals surface area contributed by atoms with Crippen molar-refractivity contribution in [1.29, 1.82) is 0 Å². The molecule has 0 aromatic heterocycles. The minimum absolute atomic E-state index is 0. The third-order valence-electron chi connectivity index (χ3n) is 5.56. The predicted octanol–water partition coefficient (Wildman–Crippen LogP) is 4.35. The first-order valence-corrected chi connectivity index (χ1v) is 9.29. The average Bonchev–Trinajstić information content (AvgIpc) is 2.51. The van der Waals surface area contributed by atoms with Crippen molar-refractivity contribution in [2.45, 2.75) is 45.1 Å². The summed E-state index contributed by atoms with van der Waals surface area (Å²) in [5, 5.41) is 7.35. The van der Waals surface area contributed by atoms with Crippen LogP contribution >= 0.6 is 24.0 Å². The van der Waals surface area contributed by atoms with Gasteiger partial charge in [0.15, 0.2) is 0 Å². The first-order chi connectivity index (χ1) is 11.1. The molecule has 24 heavy (non-hydrogen) atoms. The Balaban J connectivity index is 0.00000208. The van der Waals surface area contributed by atoms with Crippen molar-refractivity contribution in [3.05, 3.63) is 34.9 Å². The number of nitrogens with one attached hydrogen (secondary N) is 2. The molecule has 1 aliphatic heterocycles. The third-order valence-corrected chi connectivity index (χ3v) is 5.80. The summed E-state index contributed by atoms with van der Waals surface area (Å²) in [6, 6.07) is 8.08. The van der Waals surface area contributed by atoms with Gasteiger partial charge in [-0.3, -0.25) is 4.79 Å². The summed E-state index contributed by atoms with van der Waals surface area (Å²) >= 11 is 6.19. The van der Waals surface area contributed by atoms with Crippen LogP contribution in [0.3, 0.4) is 0 Å². The molecule has 0 radical (unpaired) electrons. The van der Waals surface area contributed by atoms with E-state index in [-0.39, 0.29) is 30.3 Å². The molecule has 1 aromatic carbocycles. The van der Waals surface area contributed by atoms with Crippen LogP contribution < -0.4 is 10.6 Å². The second-order valence-corrected chi connectivity index (χ2v) is 7.58. The lowest BCUT2D eigenvalue weighted by molar-refractivity contribution is -0.128. The summed E-state index contributed by atoms with van der Waals surface area (Å²) in [6.45, 7) is 3.97. The van der Waals surface area contributed by atoms with Crippen molar-refractivity contribution in [2.75, 3.05) is 13.1 Å². The smallest absolute Gasteiger partial charge is 0.223 e. The second kappa shape index (κ2) is 9.07. The molecule has 1 saturated carbocycles. The van der Waals surface area contributed by atoms with Crippen molar-refractivity contribution < 1.29 is 4.79 Å². The van der Waals surface area contributed by atoms with Crippen molar-refractivity contribution in [1.82, 2.24) is 10.6 Å². The molecule has 0 spiro atoms. The van der Waals surface area contributed by atoms with Crippen LogP contribution in [0, 0.1) is 17.8 Å². The molecular formula is C19H28Cl2N2O. The maximum absolute atomic E-state index is 12.7. The van der Waals surface area contributed by atoms with Gasteiger partial charge in [0, 0.05) is 10.9 Å². The quantitative estimate of drug-likeness (QED) is 0.808. The van der Waals surface area contributed by atoms with Crippen LogP contribution in [0.1, 0.15) is 50.6 Å². The van der Waals surface area contributed by atoms with Gasteiger partial charge in [-0.25, -0.2) is 0 Å². The van der Waals surface area contributed by atoms with Gasteiger partial charge in [-0.2, -0.15) is 0 Å². The fraction of sp³-hybridized carbons (Fsp3) is 0.632. The molecule has 3 nitrogen and oxygen atoms in total. The Kier molecular flexibility index (Phi) is 7.39. The maximum Gasteiger partial charge on any atom is 0.223 e. The van der Waals surface area contributed by atoms with E-state index in [0.717, 1.165) is 23.7 Å². The molecule has 2 N–H and O–H groups in total. The van der Waals surface area contributed by atoms with E-state index in [0.29, 0.717) is 11.8 Å². The van der Waals surface area contributed by atoms with Crippen LogP contribution in [-0.2, 0) is 4.79 Å². The number of benzene rings is 1. The van der Waals surface area contributed by atoms with E-state index in [1.807, 2.05) is 18.2 Å². The predicted molar refractivity (Wildman–Crippen MR) is 102 cm³/mol. The molecule has 5 heteroatoms. The SMILES string of the molecule is CC(C(=O)NC(c1cccc(Cl)c1)C1CCCCC1)C1CNC1.Cl. The zero-order valence-corrected chi connectivity index (χ0v) is 15.8. The summed E-state index contributed by atoms with van der Waals surface area (Å²) < 4.78 is 0. The average molecular weight is 371 g/mol. The fourth-order valence-electron chi connectivity index (χ4n) is 3.80. The Hall–Kier alpha value is -0.770. The molecule has 2 fully saturated rings. The summed E-state index contributed by atoms with van der Waals surface area (Å²) in [7, 11) is 0. The third kappa shape index (κ3) is 4.65. The first-order valence-electron chi connectivity index (χ1n) is 8.91. The van der Waals surface area contributed by atoms with E-state index in [9.17, 15) is 4.79 Å². The lowest BCUT2D eigenvalue weighted by Crippen LogP contribution is -2.50. The van der Waals surface area contributed by atoms with Crippen molar-refractivity contribution >= 4 is 29.9 Å². The number of halogens is 2. The van der Waals surface area contributed by atoms with Gasteiger partial charge in [0.1, 0.15) is 0 Å². The Morgan fingerprint density at radius 3 is 2.50 bits per heavy atom. The fourth-order valence-corrected chi connectivity index (χ4v) is 4.00. The largest absolute Gasteiger partial charge is 0.349 e. The zero-order chi connectivity index (χ0) is 16.2. The molecule has 2 atom stereocenters. The summed E-state index contributed by atoms with van der Waals surface area (Å²) in [5.74, 6) is 1.26. The van der Waals surface area contributed by atoms with Gasteiger partial charge in [0.05, 0.1) is 6.04 Å².